The van der Waals surface area contributed by atoms with Gasteiger partial charge in [-0.15, -0.1) is 10.2 Å². The quantitative estimate of drug-likeness (QED) is 0.501. The molecule has 0 saturated carbocycles. The molecule has 1 N–H and O–H groups in total. The highest BCUT2D eigenvalue weighted by molar-refractivity contribution is 7.99. The van der Waals surface area contributed by atoms with Crippen LogP contribution in [0.25, 0.3) is 0 Å². The minimum absolute atomic E-state index is 0.0104. The van der Waals surface area contributed by atoms with E-state index in [0.717, 1.165) is 37.9 Å². The van der Waals surface area contributed by atoms with Gasteiger partial charge >= 0.3 is 6.18 Å². The molecule has 0 aliphatic heterocycles. The molecule has 1 aromatic carbocycles. The van der Waals surface area contributed by atoms with Gasteiger partial charge < -0.3 is 9.88 Å². The molecule has 1 amide bonds. The van der Waals surface area contributed by atoms with Gasteiger partial charge in [-0.3, -0.25) is 4.79 Å². The lowest BCUT2D eigenvalue weighted by Crippen LogP contribution is -2.15. The number of amides is 1. The Morgan fingerprint density at radius 3 is 2.81 bits per heavy atom. The average Bonchev–Trinajstić information content (AvgIpc) is 3.01. The highest BCUT2D eigenvalue weighted by Crippen LogP contribution is 2.36. The van der Waals surface area contributed by atoms with Crippen molar-refractivity contribution in [1.29, 1.82) is 0 Å². The molecule has 0 fully saturated rings. The first-order chi connectivity index (χ1) is 12.3. The van der Waals surface area contributed by atoms with Gasteiger partial charge in [-0.25, -0.2) is 0 Å². The molecule has 0 spiro atoms. The predicted molar refractivity (Wildman–Crippen MR) is 95.4 cm³/mol. The summed E-state index contributed by atoms with van der Waals surface area (Å²) in [6, 6.07) is 3.25. The summed E-state index contributed by atoms with van der Waals surface area (Å²) in [5.41, 5.74) is -0.947. The number of thioether (sulfide) groups is 1. The van der Waals surface area contributed by atoms with Crippen molar-refractivity contribution in [2.45, 2.75) is 44.1 Å². The van der Waals surface area contributed by atoms with Gasteiger partial charge in [-0.2, -0.15) is 13.2 Å². The summed E-state index contributed by atoms with van der Waals surface area (Å²) in [7, 11) is 0. The fourth-order valence-corrected chi connectivity index (χ4v) is 3.16. The first-order valence-corrected chi connectivity index (χ1v) is 9.34. The standard InChI is InChI=1S/C16H18ClF3N4OS/c1-2-3-4-7-24-10-21-23-15(24)26-9-14(25)22-11-5-6-13(17)12(8-11)16(18,19)20/h5-6,8,10H,2-4,7,9H2,1H3,(H,22,25). The zero-order chi connectivity index (χ0) is 19.2. The van der Waals surface area contributed by atoms with E-state index in [9.17, 15) is 18.0 Å². The number of hydrogen-bond acceptors (Lipinski definition) is 4. The van der Waals surface area contributed by atoms with Crippen molar-refractivity contribution in [3.05, 3.63) is 35.1 Å². The second-order valence-electron chi connectivity index (χ2n) is 5.54. The number of anilines is 1. The van der Waals surface area contributed by atoms with Crippen LogP contribution in [-0.4, -0.2) is 26.4 Å². The topological polar surface area (TPSA) is 59.8 Å². The summed E-state index contributed by atoms with van der Waals surface area (Å²) < 4.78 is 40.4. The molecule has 0 saturated heterocycles. The largest absolute Gasteiger partial charge is 0.417 e. The van der Waals surface area contributed by atoms with E-state index in [4.69, 9.17) is 11.6 Å². The van der Waals surface area contributed by atoms with Gasteiger partial charge in [-0.1, -0.05) is 43.1 Å². The van der Waals surface area contributed by atoms with Crippen molar-refractivity contribution in [1.82, 2.24) is 14.8 Å². The molecule has 0 unspecified atom stereocenters. The lowest BCUT2D eigenvalue weighted by Gasteiger charge is -2.11. The Bertz CT molecular complexity index is 751. The second kappa shape index (κ2) is 9.27. The molecule has 0 radical (unpaired) electrons. The lowest BCUT2D eigenvalue weighted by molar-refractivity contribution is -0.137. The van der Waals surface area contributed by atoms with E-state index in [-0.39, 0.29) is 11.4 Å². The Morgan fingerprint density at radius 2 is 2.12 bits per heavy atom. The zero-order valence-electron chi connectivity index (χ0n) is 14.0. The number of alkyl halides is 3. The van der Waals surface area contributed by atoms with Gasteiger partial charge in [0, 0.05) is 12.2 Å². The second-order valence-corrected chi connectivity index (χ2v) is 6.89. The van der Waals surface area contributed by atoms with Crippen molar-refractivity contribution in [2.75, 3.05) is 11.1 Å². The molecule has 0 atom stereocenters. The van der Waals surface area contributed by atoms with Gasteiger partial charge in [-0.05, 0) is 24.6 Å². The maximum Gasteiger partial charge on any atom is 0.417 e. The van der Waals surface area contributed by atoms with Gasteiger partial charge in [0.25, 0.3) is 0 Å². The number of halogens is 4. The van der Waals surface area contributed by atoms with E-state index < -0.39 is 22.7 Å². The number of aryl methyl sites for hydroxylation is 1. The summed E-state index contributed by atoms with van der Waals surface area (Å²) in [5, 5.41) is 10.4. The summed E-state index contributed by atoms with van der Waals surface area (Å²) in [6.07, 6.45) is 0.181. The summed E-state index contributed by atoms with van der Waals surface area (Å²) >= 11 is 6.74. The minimum atomic E-state index is -4.58. The molecule has 0 aliphatic carbocycles. The number of unbranched alkanes of at least 4 members (excludes halogenated alkanes) is 2. The molecule has 10 heteroatoms. The van der Waals surface area contributed by atoms with Crippen LogP contribution in [0, 0.1) is 0 Å². The molecule has 26 heavy (non-hydrogen) atoms. The average molecular weight is 407 g/mol. The van der Waals surface area contributed by atoms with Crippen LogP contribution in [0.4, 0.5) is 18.9 Å². The summed E-state index contributed by atoms with van der Waals surface area (Å²) in [4.78, 5) is 12.0. The third kappa shape index (κ3) is 5.91. The minimum Gasteiger partial charge on any atom is -0.325 e. The van der Waals surface area contributed by atoms with Gasteiger partial charge in [0.2, 0.25) is 5.91 Å². The van der Waals surface area contributed by atoms with E-state index in [1.165, 1.54) is 17.8 Å². The maximum atomic E-state index is 12.9. The first kappa shape index (κ1) is 20.6. The molecule has 1 aromatic heterocycles. The Morgan fingerprint density at radius 1 is 1.35 bits per heavy atom. The molecule has 142 valence electrons. The Hall–Kier alpha value is -1.74. The van der Waals surface area contributed by atoms with E-state index in [2.05, 4.69) is 22.4 Å². The third-order valence-electron chi connectivity index (χ3n) is 3.47. The fraction of sp³-hybridized carbons (Fsp3) is 0.438. The van der Waals surface area contributed by atoms with Crippen LogP contribution in [0.5, 0.6) is 0 Å². The number of rotatable bonds is 8. The SMILES string of the molecule is CCCCCn1cnnc1SCC(=O)Nc1ccc(Cl)c(C(F)(F)F)c1. The number of carbonyl (C=O) groups excluding carboxylic acids is 1. The summed E-state index contributed by atoms with van der Waals surface area (Å²) in [6.45, 7) is 2.87. The normalized spacial score (nSPS) is 11.6. The van der Waals surface area contributed by atoms with Crippen LogP contribution < -0.4 is 5.32 Å². The Balaban J connectivity index is 1.93. The first-order valence-electron chi connectivity index (χ1n) is 7.98. The van der Waals surface area contributed by atoms with Gasteiger partial charge in [0.1, 0.15) is 6.33 Å². The summed E-state index contributed by atoms with van der Waals surface area (Å²) in [5.74, 6) is -0.426. The monoisotopic (exact) mass is 406 g/mol. The Labute approximate surface area is 158 Å². The van der Waals surface area contributed by atoms with E-state index in [0.29, 0.717) is 5.16 Å². The van der Waals surface area contributed by atoms with Gasteiger partial charge in [0.05, 0.1) is 16.3 Å². The molecule has 0 aliphatic rings. The van der Waals surface area contributed by atoms with Gasteiger partial charge in [0.15, 0.2) is 5.16 Å². The maximum absolute atomic E-state index is 12.9. The molecule has 1 heterocycles. The van der Waals surface area contributed by atoms with Crippen LogP contribution >= 0.6 is 23.4 Å². The van der Waals surface area contributed by atoms with E-state index in [1.807, 2.05) is 4.57 Å². The molecular formula is C16H18ClF3N4OS. The molecule has 2 rings (SSSR count). The molecule has 0 bridgehead atoms. The number of nitrogens with one attached hydrogen (secondary N) is 1. The van der Waals surface area contributed by atoms with E-state index >= 15 is 0 Å². The van der Waals surface area contributed by atoms with Crippen LogP contribution in [0.3, 0.4) is 0 Å². The van der Waals surface area contributed by atoms with Crippen LogP contribution in [-0.2, 0) is 17.5 Å². The van der Waals surface area contributed by atoms with Crippen molar-refractivity contribution < 1.29 is 18.0 Å². The predicted octanol–water partition coefficient (Wildman–Crippen LogP) is 4.87. The van der Waals surface area contributed by atoms with E-state index in [1.54, 1.807) is 6.33 Å². The Kier molecular flexibility index (Phi) is 7.33. The highest BCUT2D eigenvalue weighted by atomic mass is 35.5. The van der Waals surface area contributed by atoms with Crippen molar-refractivity contribution in [3.63, 3.8) is 0 Å². The zero-order valence-corrected chi connectivity index (χ0v) is 15.6. The third-order valence-corrected chi connectivity index (χ3v) is 4.78. The van der Waals surface area contributed by atoms with Crippen LogP contribution in [0.15, 0.2) is 29.7 Å². The number of nitrogens with zero attached hydrogens (tertiary/aromatic N) is 3. The number of aromatic nitrogens is 3. The number of benzene rings is 1. The van der Waals surface area contributed by atoms with Crippen molar-refractivity contribution in [2.24, 2.45) is 0 Å². The van der Waals surface area contributed by atoms with Crippen molar-refractivity contribution in [3.8, 4) is 0 Å². The van der Waals surface area contributed by atoms with Crippen LogP contribution in [0.1, 0.15) is 31.7 Å². The smallest absolute Gasteiger partial charge is 0.325 e. The number of hydrogen-bond donors (Lipinski definition) is 1. The highest BCUT2D eigenvalue weighted by Gasteiger charge is 2.33. The fourth-order valence-electron chi connectivity index (χ4n) is 2.19. The van der Waals surface area contributed by atoms with Crippen molar-refractivity contribution >= 4 is 35.0 Å². The lowest BCUT2D eigenvalue weighted by atomic mass is 10.2. The molecule has 2 aromatic rings. The molecule has 5 nitrogen and oxygen atoms in total. The molecular weight excluding hydrogens is 389 g/mol. The van der Waals surface area contributed by atoms with Crippen LogP contribution in [0.2, 0.25) is 5.02 Å². The number of carbonyl (C=O) groups is 1.